The standard InChI is InChI=1S/C16H19N5O4/c22-14(7-6-12-9-18-21-20-12)19-13(16(25)17-10-15(23)24)8-11-4-2-1-3-5-11/h1-5,9,13H,6-8,10H2,(H,17,25)(H,19,22)(H,23,24)(H,18,20,21)/t13-/m0/s1. The molecular weight excluding hydrogens is 326 g/mol. The lowest BCUT2D eigenvalue weighted by Gasteiger charge is -2.18. The fraction of sp³-hybridized carbons (Fsp3) is 0.312. The van der Waals surface area contributed by atoms with Crippen molar-refractivity contribution in [1.29, 1.82) is 0 Å². The van der Waals surface area contributed by atoms with Crippen LogP contribution in [0.3, 0.4) is 0 Å². The second-order valence-electron chi connectivity index (χ2n) is 5.38. The minimum Gasteiger partial charge on any atom is -0.480 e. The molecule has 9 nitrogen and oxygen atoms in total. The Morgan fingerprint density at radius 1 is 1.20 bits per heavy atom. The van der Waals surface area contributed by atoms with Gasteiger partial charge in [0.25, 0.3) is 0 Å². The minimum atomic E-state index is -1.15. The van der Waals surface area contributed by atoms with Gasteiger partial charge in [0.05, 0.1) is 11.9 Å². The molecule has 25 heavy (non-hydrogen) atoms. The number of carboxylic acids is 1. The van der Waals surface area contributed by atoms with Crippen LogP contribution in [0.1, 0.15) is 17.7 Å². The van der Waals surface area contributed by atoms with Gasteiger partial charge in [-0.15, -0.1) is 0 Å². The zero-order valence-electron chi connectivity index (χ0n) is 13.4. The van der Waals surface area contributed by atoms with E-state index >= 15 is 0 Å². The third-order valence-corrected chi connectivity index (χ3v) is 3.42. The van der Waals surface area contributed by atoms with Crippen LogP contribution >= 0.6 is 0 Å². The first kappa shape index (κ1) is 18.1. The molecular formula is C16H19N5O4. The number of benzene rings is 1. The average molecular weight is 345 g/mol. The molecule has 0 saturated carbocycles. The summed E-state index contributed by atoms with van der Waals surface area (Å²) in [7, 11) is 0. The molecule has 132 valence electrons. The molecule has 2 rings (SSSR count). The summed E-state index contributed by atoms with van der Waals surface area (Å²) in [6, 6.07) is 8.31. The van der Waals surface area contributed by atoms with Crippen LogP contribution < -0.4 is 10.6 Å². The first-order chi connectivity index (χ1) is 12.0. The van der Waals surface area contributed by atoms with E-state index in [-0.39, 0.29) is 18.7 Å². The summed E-state index contributed by atoms with van der Waals surface area (Å²) in [6.07, 6.45) is 2.32. The molecule has 0 saturated heterocycles. The zero-order chi connectivity index (χ0) is 18.1. The highest BCUT2D eigenvalue weighted by atomic mass is 16.4. The lowest BCUT2D eigenvalue weighted by molar-refractivity contribution is -0.138. The summed E-state index contributed by atoms with van der Waals surface area (Å²) in [6.45, 7) is -0.501. The van der Waals surface area contributed by atoms with E-state index in [4.69, 9.17) is 5.11 Å². The van der Waals surface area contributed by atoms with Crippen molar-refractivity contribution >= 4 is 17.8 Å². The number of hydrogen-bond donors (Lipinski definition) is 4. The Hall–Kier alpha value is -3.23. The molecule has 0 aliphatic rings. The Labute approximate surface area is 143 Å². The van der Waals surface area contributed by atoms with Crippen LogP contribution in [0.5, 0.6) is 0 Å². The number of amides is 2. The Bertz CT molecular complexity index is 703. The second-order valence-corrected chi connectivity index (χ2v) is 5.38. The van der Waals surface area contributed by atoms with Crippen molar-refractivity contribution in [1.82, 2.24) is 26.0 Å². The van der Waals surface area contributed by atoms with Crippen LogP contribution in [-0.4, -0.2) is 50.9 Å². The Kier molecular flexibility index (Phi) is 6.64. The maximum atomic E-state index is 12.2. The maximum absolute atomic E-state index is 12.2. The molecule has 2 aromatic rings. The first-order valence-corrected chi connectivity index (χ1v) is 7.72. The van der Waals surface area contributed by atoms with Gasteiger partial charge < -0.3 is 15.7 Å². The van der Waals surface area contributed by atoms with Gasteiger partial charge >= 0.3 is 5.97 Å². The maximum Gasteiger partial charge on any atom is 0.322 e. The van der Waals surface area contributed by atoms with Gasteiger partial charge in [0.2, 0.25) is 11.8 Å². The molecule has 0 unspecified atom stereocenters. The Balaban J connectivity index is 1.95. The van der Waals surface area contributed by atoms with Crippen LogP contribution in [0.15, 0.2) is 36.5 Å². The topological polar surface area (TPSA) is 137 Å². The van der Waals surface area contributed by atoms with E-state index in [0.717, 1.165) is 5.56 Å². The number of H-pyrrole nitrogens is 1. The summed E-state index contributed by atoms with van der Waals surface area (Å²) in [5.41, 5.74) is 1.50. The van der Waals surface area contributed by atoms with E-state index in [1.165, 1.54) is 6.20 Å². The van der Waals surface area contributed by atoms with Crippen molar-refractivity contribution in [3.8, 4) is 0 Å². The highest BCUT2D eigenvalue weighted by Gasteiger charge is 2.21. The van der Waals surface area contributed by atoms with Gasteiger partial charge in [0, 0.05) is 19.3 Å². The number of aryl methyl sites for hydroxylation is 1. The van der Waals surface area contributed by atoms with Gasteiger partial charge in [0.15, 0.2) is 0 Å². The summed E-state index contributed by atoms with van der Waals surface area (Å²) in [4.78, 5) is 34.9. The predicted octanol–water partition coefficient (Wildman–Crippen LogP) is -0.334. The van der Waals surface area contributed by atoms with E-state index in [1.807, 2.05) is 30.3 Å². The smallest absolute Gasteiger partial charge is 0.322 e. The molecule has 1 heterocycles. The van der Waals surface area contributed by atoms with E-state index in [9.17, 15) is 14.4 Å². The van der Waals surface area contributed by atoms with Crippen LogP contribution in [0.25, 0.3) is 0 Å². The summed E-state index contributed by atoms with van der Waals surface area (Å²) >= 11 is 0. The molecule has 0 aliphatic heterocycles. The lowest BCUT2D eigenvalue weighted by Crippen LogP contribution is -2.49. The van der Waals surface area contributed by atoms with Crippen LogP contribution in [-0.2, 0) is 27.2 Å². The van der Waals surface area contributed by atoms with Gasteiger partial charge in [0.1, 0.15) is 12.6 Å². The third kappa shape index (κ3) is 6.42. The highest BCUT2D eigenvalue weighted by molar-refractivity contribution is 5.89. The largest absolute Gasteiger partial charge is 0.480 e. The van der Waals surface area contributed by atoms with Crippen molar-refractivity contribution < 1.29 is 19.5 Å². The van der Waals surface area contributed by atoms with Gasteiger partial charge in [-0.25, -0.2) is 0 Å². The van der Waals surface area contributed by atoms with E-state index in [0.29, 0.717) is 12.1 Å². The fourth-order valence-electron chi connectivity index (χ4n) is 2.20. The number of hydrogen-bond acceptors (Lipinski definition) is 5. The molecule has 2 amide bonds. The number of nitrogens with one attached hydrogen (secondary N) is 3. The SMILES string of the molecule is O=C(O)CNC(=O)[C@H](Cc1ccccc1)NC(=O)CCc1cn[nH]n1. The van der Waals surface area contributed by atoms with Gasteiger partial charge in [-0.05, 0) is 5.56 Å². The zero-order valence-corrected chi connectivity index (χ0v) is 13.4. The molecule has 1 atom stereocenters. The molecule has 0 fully saturated rings. The third-order valence-electron chi connectivity index (χ3n) is 3.42. The number of aromatic nitrogens is 3. The van der Waals surface area contributed by atoms with Crippen molar-refractivity contribution in [3.05, 3.63) is 47.8 Å². The minimum absolute atomic E-state index is 0.143. The molecule has 0 spiro atoms. The van der Waals surface area contributed by atoms with Crippen LogP contribution in [0, 0.1) is 0 Å². The summed E-state index contributed by atoms with van der Waals surface area (Å²) < 4.78 is 0. The quantitative estimate of drug-likeness (QED) is 0.491. The van der Waals surface area contributed by atoms with Gasteiger partial charge in [-0.3, -0.25) is 14.4 Å². The van der Waals surface area contributed by atoms with E-state index in [1.54, 1.807) is 0 Å². The second kappa shape index (κ2) is 9.16. The van der Waals surface area contributed by atoms with Crippen molar-refractivity contribution in [3.63, 3.8) is 0 Å². The number of aliphatic carboxylic acids is 1. The van der Waals surface area contributed by atoms with Crippen molar-refractivity contribution in [2.75, 3.05) is 6.54 Å². The summed E-state index contributed by atoms with van der Waals surface area (Å²) in [5.74, 6) is -2.01. The number of carbonyl (C=O) groups is 3. The molecule has 0 bridgehead atoms. The average Bonchev–Trinajstić information content (AvgIpc) is 3.11. The van der Waals surface area contributed by atoms with Crippen molar-refractivity contribution in [2.24, 2.45) is 0 Å². The molecule has 4 N–H and O–H groups in total. The van der Waals surface area contributed by atoms with Gasteiger partial charge in [-0.2, -0.15) is 15.4 Å². The molecule has 0 radical (unpaired) electrons. The predicted molar refractivity (Wildman–Crippen MR) is 87.4 cm³/mol. The Morgan fingerprint density at radius 3 is 2.60 bits per heavy atom. The molecule has 0 aliphatic carbocycles. The normalized spacial score (nSPS) is 11.5. The number of carboxylic acid groups (broad SMARTS) is 1. The fourth-order valence-corrected chi connectivity index (χ4v) is 2.20. The Morgan fingerprint density at radius 2 is 1.96 bits per heavy atom. The lowest BCUT2D eigenvalue weighted by atomic mass is 10.0. The molecule has 9 heteroatoms. The van der Waals surface area contributed by atoms with Gasteiger partial charge in [-0.1, -0.05) is 30.3 Å². The summed E-state index contributed by atoms with van der Waals surface area (Å²) in [5, 5.41) is 23.6. The highest BCUT2D eigenvalue weighted by Crippen LogP contribution is 2.04. The molecule has 1 aromatic carbocycles. The molecule has 1 aromatic heterocycles. The monoisotopic (exact) mass is 345 g/mol. The number of aromatic amines is 1. The van der Waals surface area contributed by atoms with Crippen LogP contribution in [0.4, 0.5) is 0 Å². The number of nitrogens with zero attached hydrogens (tertiary/aromatic N) is 2. The van der Waals surface area contributed by atoms with Crippen molar-refractivity contribution in [2.45, 2.75) is 25.3 Å². The van der Waals surface area contributed by atoms with E-state index < -0.39 is 24.5 Å². The first-order valence-electron chi connectivity index (χ1n) is 7.72. The number of carbonyl (C=O) groups excluding carboxylic acids is 2. The number of rotatable bonds is 9. The van der Waals surface area contributed by atoms with Crippen LogP contribution in [0.2, 0.25) is 0 Å². The van der Waals surface area contributed by atoms with E-state index in [2.05, 4.69) is 26.0 Å².